The third-order valence-corrected chi connectivity index (χ3v) is 4.20. The molecule has 0 amide bonds. The summed E-state index contributed by atoms with van der Waals surface area (Å²) in [5.74, 6) is 0.690. The zero-order chi connectivity index (χ0) is 13.5. The first-order valence-corrected chi connectivity index (χ1v) is 7.98. The van der Waals surface area contributed by atoms with Gasteiger partial charge in [-0.3, -0.25) is 4.68 Å². The van der Waals surface area contributed by atoms with Crippen molar-refractivity contribution in [3.8, 4) is 0 Å². The highest BCUT2D eigenvalue weighted by molar-refractivity contribution is 5.09. The average molecular weight is 264 g/mol. The van der Waals surface area contributed by atoms with Gasteiger partial charge in [0.05, 0.1) is 6.04 Å². The van der Waals surface area contributed by atoms with Crippen LogP contribution >= 0.6 is 0 Å². The molecule has 0 N–H and O–H groups in total. The summed E-state index contributed by atoms with van der Waals surface area (Å²) in [5.41, 5.74) is 1.46. The van der Waals surface area contributed by atoms with E-state index in [0.29, 0.717) is 12.0 Å². The molecule has 1 aliphatic heterocycles. The van der Waals surface area contributed by atoms with Gasteiger partial charge in [0.1, 0.15) is 0 Å². The number of rotatable bonds is 7. The van der Waals surface area contributed by atoms with Gasteiger partial charge < -0.3 is 4.74 Å². The van der Waals surface area contributed by atoms with Crippen LogP contribution in [-0.2, 0) is 4.74 Å². The predicted molar refractivity (Wildman–Crippen MR) is 78.5 cm³/mol. The van der Waals surface area contributed by atoms with Crippen LogP contribution in [0.15, 0.2) is 12.3 Å². The standard InChI is InChI=1S/C16H28N2O/c1-3-5-7-14(6-4-2)16-8-11-17-18(16)15-9-12-19-13-10-15/h8,11,14-15H,3-7,9-10,12-13H2,1-2H3. The summed E-state index contributed by atoms with van der Waals surface area (Å²) < 4.78 is 7.77. The van der Waals surface area contributed by atoms with Crippen LogP contribution in [-0.4, -0.2) is 23.0 Å². The molecular weight excluding hydrogens is 236 g/mol. The number of aromatic nitrogens is 2. The molecule has 19 heavy (non-hydrogen) atoms. The molecule has 0 aromatic carbocycles. The van der Waals surface area contributed by atoms with Gasteiger partial charge in [0.2, 0.25) is 0 Å². The van der Waals surface area contributed by atoms with E-state index in [1.807, 2.05) is 6.20 Å². The Bertz CT molecular complexity index is 355. The van der Waals surface area contributed by atoms with Crippen molar-refractivity contribution in [2.75, 3.05) is 13.2 Å². The van der Waals surface area contributed by atoms with Crippen LogP contribution in [0.25, 0.3) is 0 Å². The van der Waals surface area contributed by atoms with E-state index in [0.717, 1.165) is 26.1 Å². The fourth-order valence-corrected chi connectivity index (χ4v) is 3.12. The molecule has 0 bridgehead atoms. The molecule has 0 saturated carbocycles. The minimum atomic E-state index is 0.555. The summed E-state index contributed by atoms with van der Waals surface area (Å²) in [7, 11) is 0. The van der Waals surface area contributed by atoms with E-state index in [4.69, 9.17) is 4.74 Å². The van der Waals surface area contributed by atoms with E-state index in [1.165, 1.54) is 37.8 Å². The molecule has 3 nitrogen and oxygen atoms in total. The molecule has 2 heterocycles. The van der Waals surface area contributed by atoms with E-state index in [1.54, 1.807) is 0 Å². The van der Waals surface area contributed by atoms with Gasteiger partial charge in [-0.05, 0) is 31.7 Å². The van der Waals surface area contributed by atoms with Crippen LogP contribution in [0.1, 0.15) is 76.4 Å². The van der Waals surface area contributed by atoms with Crippen LogP contribution in [0, 0.1) is 0 Å². The van der Waals surface area contributed by atoms with E-state index >= 15 is 0 Å². The monoisotopic (exact) mass is 264 g/mol. The molecule has 0 radical (unpaired) electrons. The summed E-state index contributed by atoms with van der Waals surface area (Å²) in [5, 5.41) is 4.61. The molecule has 1 fully saturated rings. The topological polar surface area (TPSA) is 27.1 Å². The normalized spacial score (nSPS) is 18.6. The molecule has 0 spiro atoms. The van der Waals surface area contributed by atoms with Gasteiger partial charge in [0.15, 0.2) is 0 Å². The molecule has 1 aromatic heterocycles. The summed E-state index contributed by atoms with van der Waals surface area (Å²) >= 11 is 0. The number of hydrogen-bond donors (Lipinski definition) is 0. The Hall–Kier alpha value is -0.830. The third-order valence-electron chi connectivity index (χ3n) is 4.20. The average Bonchev–Trinajstić information content (AvgIpc) is 2.93. The Morgan fingerprint density at radius 3 is 2.74 bits per heavy atom. The summed E-state index contributed by atoms with van der Waals surface area (Å²) in [6.45, 7) is 6.33. The maximum Gasteiger partial charge on any atom is 0.0566 e. The Morgan fingerprint density at radius 1 is 1.26 bits per heavy atom. The van der Waals surface area contributed by atoms with Gasteiger partial charge in [-0.1, -0.05) is 33.1 Å². The molecule has 1 aliphatic rings. The maximum absolute atomic E-state index is 5.47. The van der Waals surface area contributed by atoms with Crippen molar-refractivity contribution in [2.45, 2.75) is 70.8 Å². The second-order valence-electron chi connectivity index (χ2n) is 5.67. The number of hydrogen-bond acceptors (Lipinski definition) is 2. The van der Waals surface area contributed by atoms with Gasteiger partial charge in [0, 0.05) is 31.0 Å². The molecule has 2 rings (SSSR count). The van der Waals surface area contributed by atoms with Crippen LogP contribution in [0.5, 0.6) is 0 Å². The Morgan fingerprint density at radius 2 is 2.05 bits per heavy atom. The molecule has 3 heteroatoms. The number of unbranched alkanes of at least 4 members (excludes halogenated alkanes) is 1. The molecule has 1 aromatic rings. The molecule has 108 valence electrons. The van der Waals surface area contributed by atoms with Crippen molar-refractivity contribution in [1.82, 2.24) is 9.78 Å². The minimum Gasteiger partial charge on any atom is -0.381 e. The highest BCUT2D eigenvalue weighted by Gasteiger charge is 2.22. The Labute approximate surface area is 117 Å². The highest BCUT2D eigenvalue weighted by Crippen LogP contribution is 2.31. The van der Waals surface area contributed by atoms with Crippen molar-refractivity contribution >= 4 is 0 Å². The lowest BCUT2D eigenvalue weighted by atomic mass is 9.93. The minimum absolute atomic E-state index is 0.555. The fourth-order valence-electron chi connectivity index (χ4n) is 3.12. The molecule has 0 aliphatic carbocycles. The lowest BCUT2D eigenvalue weighted by Crippen LogP contribution is -2.23. The lowest BCUT2D eigenvalue weighted by Gasteiger charge is -2.27. The number of nitrogens with zero attached hydrogens (tertiary/aromatic N) is 2. The first-order valence-electron chi connectivity index (χ1n) is 7.98. The van der Waals surface area contributed by atoms with Crippen LogP contribution in [0.4, 0.5) is 0 Å². The Kier molecular flexibility index (Phi) is 5.90. The van der Waals surface area contributed by atoms with E-state index in [2.05, 4.69) is 29.7 Å². The first-order chi connectivity index (χ1) is 9.36. The van der Waals surface area contributed by atoms with Crippen molar-refractivity contribution in [3.63, 3.8) is 0 Å². The van der Waals surface area contributed by atoms with E-state index < -0.39 is 0 Å². The first kappa shape index (κ1) is 14.6. The molecule has 1 saturated heterocycles. The summed E-state index contributed by atoms with van der Waals surface area (Å²) in [6.07, 6.45) is 10.7. The van der Waals surface area contributed by atoms with Crippen LogP contribution in [0.2, 0.25) is 0 Å². The third kappa shape index (κ3) is 3.82. The van der Waals surface area contributed by atoms with Gasteiger partial charge in [-0.15, -0.1) is 0 Å². The van der Waals surface area contributed by atoms with Gasteiger partial charge in [-0.25, -0.2) is 0 Å². The number of ether oxygens (including phenoxy) is 1. The summed E-state index contributed by atoms with van der Waals surface area (Å²) in [4.78, 5) is 0. The quantitative estimate of drug-likeness (QED) is 0.734. The second kappa shape index (κ2) is 7.68. The Balaban J connectivity index is 2.10. The van der Waals surface area contributed by atoms with Gasteiger partial charge in [0.25, 0.3) is 0 Å². The zero-order valence-electron chi connectivity index (χ0n) is 12.5. The largest absolute Gasteiger partial charge is 0.381 e. The lowest BCUT2D eigenvalue weighted by molar-refractivity contribution is 0.0649. The van der Waals surface area contributed by atoms with Crippen molar-refractivity contribution in [3.05, 3.63) is 18.0 Å². The second-order valence-corrected chi connectivity index (χ2v) is 5.67. The van der Waals surface area contributed by atoms with Gasteiger partial charge >= 0.3 is 0 Å². The van der Waals surface area contributed by atoms with E-state index in [9.17, 15) is 0 Å². The van der Waals surface area contributed by atoms with Crippen LogP contribution in [0.3, 0.4) is 0 Å². The smallest absolute Gasteiger partial charge is 0.0566 e. The van der Waals surface area contributed by atoms with Gasteiger partial charge in [-0.2, -0.15) is 5.10 Å². The zero-order valence-corrected chi connectivity index (χ0v) is 12.5. The highest BCUT2D eigenvalue weighted by atomic mass is 16.5. The SMILES string of the molecule is CCCCC(CCC)c1ccnn1C1CCOCC1. The predicted octanol–water partition coefficient (Wildman–Crippen LogP) is 4.31. The van der Waals surface area contributed by atoms with Crippen LogP contribution < -0.4 is 0 Å². The van der Waals surface area contributed by atoms with Crippen molar-refractivity contribution in [2.24, 2.45) is 0 Å². The summed E-state index contributed by atoms with van der Waals surface area (Å²) in [6, 6.07) is 2.80. The molecule has 1 atom stereocenters. The van der Waals surface area contributed by atoms with Crippen molar-refractivity contribution < 1.29 is 4.74 Å². The fraction of sp³-hybridized carbons (Fsp3) is 0.812. The molecular formula is C16H28N2O. The van der Waals surface area contributed by atoms with Crippen molar-refractivity contribution in [1.29, 1.82) is 0 Å². The maximum atomic E-state index is 5.47. The van der Waals surface area contributed by atoms with E-state index in [-0.39, 0.29) is 0 Å². The molecule has 1 unspecified atom stereocenters.